The van der Waals surface area contributed by atoms with Crippen LogP contribution < -0.4 is 53.5 Å². The minimum Gasteiger partial charge on any atom is -0.465 e. The zero-order valence-corrected chi connectivity index (χ0v) is 46.3. The van der Waals surface area contributed by atoms with Gasteiger partial charge < -0.3 is 40.6 Å². The van der Waals surface area contributed by atoms with Crippen molar-refractivity contribution in [1.82, 2.24) is 30.6 Å². The van der Waals surface area contributed by atoms with Crippen LogP contribution in [0.25, 0.3) is 88.0 Å². The molecule has 85 heavy (non-hydrogen) atoms. The van der Waals surface area contributed by atoms with E-state index in [1.165, 1.54) is 12.7 Å². The lowest BCUT2D eigenvalue weighted by Gasteiger charge is -2.20. The Morgan fingerprint density at radius 2 is 1.00 bits per heavy atom. The van der Waals surface area contributed by atoms with E-state index in [0.29, 0.717) is 85.2 Å². The van der Waals surface area contributed by atoms with Crippen LogP contribution in [0.3, 0.4) is 0 Å². The van der Waals surface area contributed by atoms with Gasteiger partial charge in [-0.05, 0) is 126 Å². The van der Waals surface area contributed by atoms with Gasteiger partial charge in [0.25, 0.3) is 16.7 Å². The Kier molecular flexibility index (Phi) is 15.3. The first-order valence-electron chi connectivity index (χ1n) is 26.2. The Labute approximate surface area is 490 Å². The number of H-pyrrole nitrogens is 3. The van der Waals surface area contributed by atoms with Gasteiger partial charge in [-0.15, -0.1) is 0 Å². The molecule has 20 nitrogen and oxygen atoms in total. The third-order valence-corrected chi connectivity index (χ3v) is 14.9. The average Bonchev–Trinajstić information content (AvgIpc) is 2.22. The fourth-order valence-electron chi connectivity index (χ4n) is 10.2. The molecule has 424 valence electrons. The summed E-state index contributed by atoms with van der Waals surface area (Å²) in [5.74, 6) is 3.64. The SMILES string of the molecule is C.CCc1ccc2c(c1)-c1n[nH]c(=O)c3cccc(c13)O2.COC(=O)c1cccc2oc3ccc(CBr)cc3c(=O)c12.NC(N)=NCc1ccc2c(c1)-c1n[nH]c(=O)c3cccc(c13)O2.NCc1ccc2c(c1)-c1n[nH]c(=O)c3cccc(c13)O2. The molecule has 21 heteroatoms. The molecule has 0 fully saturated rings. The van der Waals surface area contributed by atoms with E-state index in [2.05, 4.69) is 70.6 Å². The van der Waals surface area contributed by atoms with Gasteiger partial charge in [0.05, 0.1) is 62.3 Å². The number of nitrogens with two attached hydrogens (primary N) is 3. The summed E-state index contributed by atoms with van der Waals surface area (Å²) in [6, 6.07) is 44.1. The largest absolute Gasteiger partial charge is 0.465 e. The van der Waals surface area contributed by atoms with Crippen LogP contribution in [0.15, 0.2) is 174 Å². The summed E-state index contributed by atoms with van der Waals surface area (Å²) in [4.78, 5) is 64.3. The second-order valence-electron chi connectivity index (χ2n) is 19.4. The number of methoxy groups -OCH3 is 1. The van der Waals surface area contributed by atoms with E-state index in [1.54, 1.807) is 60.7 Å². The zero-order chi connectivity index (χ0) is 58.3. The van der Waals surface area contributed by atoms with Crippen molar-refractivity contribution in [3.05, 3.63) is 215 Å². The van der Waals surface area contributed by atoms with Crippen LogP contribution in [0.1, 0.15) is 47.0 Å². The highest BCUT2D eigenvalue weighted by Gasteiger charge is 2.26. The van der Waals surface area contributed by atoms with Crippen molar-refractivity contribution >= 4 is 82.1 Å². The molecule has 3 aliphatic heterocycles. The maximum atomic E-state index is 12.7. The summed E-state index contributed by atoms with van der Waals surface area (Å²) in [5, 5.41) is 25.6. The van der Waals surface area contributed by atoms with E-state index >= 15 is 0 Å². The zero-order valence-electron chi connectivity index (χ0n) is 44.7. The van der Waals surface area contributed by atoms with Gasteiger partial charge in [-0.25, -0.2) is 25.1 Å². The van der Waals surface area contributed by atoms with E-state index in [4.69, 9.17) is 40.6 Å². The fourth-order valence-corrected chi connectivity index (χ4v) is 10.6. The van der Waals surface area contributed by atoms with Crippen molar-refractivity contribution in [2.45, 2.75) is 39.2 Å². The minimum atomic E-state index is -0.552. The number of alkyl halides is 1. The molecule has 0 saturated heterocycles. The van der Waals surface area contributed by atoms with Crippen LogP contribution in [0.5, 0.6) is 34.5 Å². The Bertz CT molecular complexity index is 4820. The number of carbonyl (C=O) groups is 1. The van der Waals surface area contributed by atoms with Crippen LogP contribution in [-0.4, -0.2) is 49.6 Å². The molecule has 0 atom stereocenters. The molecule has 0 bridgehead atoms. The molecule has 0 amide bonds. The Balaban J connectivity index is 0.000000118. The van der Waals surface area contributed by atoms with Crippen molar-refractivity contribution in [2.24, 2.45) is 22.2 Å². The standard InChI is InChI=1S/C16H11BrO4.C16H13N5O2.C16H12N2O2.C15H11N3O2.CH4/c1-20-16(19)10-3-2-4-13-14(10)15(18)11-7-9(8-17)5-6-12(11)21-13;17-16(18)19-7-8-4-5-11-10(6-8)14-13-9(15(22)21-20-14)2-1-3-12(13)23-11;1-2-9-6-7-12-11(8-9)15-14-10(16(19)18-17-15)4-3-5-13(14)20-12;16-7-8-4-5-11-10(6-8)14-13-9(15(19)18-17-14)2-1-3-12(13)20-11;/h2-7H,8H2,1H3;1-6H,7H2,(H,21,22)(H4,17,18,19);3-8H,2H2,1H3,(H,18,19);1-6H,7,16H2,(H,18,19);1H4. The number of guanidine groups is 1. The number of fused-ring (bicyclic) bond motifs is 8. The third-order valence-electron chi connectivity index (χ3n) is 14.3. The van der Waals surface area contributed by atoms with Gasteiger partial charge in [-0.1, -0.05) is 78.8 Å². The van der Waals surface area contributed by atoms with Crippen molar-refractivity contribution in [3.8, 4) is 68.3 Å². The van der Waals surface area contributed by atoms with Gasteiger partial charge in [0.1, 0.15) is 62.7 Å². The van der Waals surface area contributed by atoms with E-state index in [9.17, 15) is 24.0 Å². The highest BCUT2D eigenvalue weighted by atomic mass is 79.9. The lowest BCUT2D eigenvalue weighted by atomic mass is 9.98. The summed E-state index contributed by atoms with van der Waals surface area (Å²) < 4.78 is 28.2. The van der Waals surface area contributed by atoms with Crippen LogP contribution in [0, 0.1) is 0 Å². The molecule has 15 rings (SSSR count). The smallest absolute Gasteiger partial charge is 0.338 e. The maximum Gasteiger partial charge on any atom is 0.338 e. The van der Waals surface area contributed by atoms with Gasteiger partial charge in [-0.3, -0.25) is 19.2 Å². The number of carbonyl (C=O) groups excluding carboxylic acids is 1. The summed E-state index contributed by atoms with van der Waals surface area (Å²) in [6.45, 7) is 2.92. The molecule has 9 N–H and O–H groups in total. The number of aromatic amines is 3. The van der Waals surface area contributed by atoms with Gasteiger partial charge in [-0.2, -0.15) is 15.3 Å². The minimum absolute atomic E-state index is 0. The first-order valence-corrected chi connectivity index (χ1v) is 27.3. The monoisotopic (exact) mass is 1200 g/mol. The van der Waals surface area contributed by atoms with E-state index in [1.807, 2.05) is 72.8 Å². The summed E-state index contributed by atoms with van der Waals surface area (Å²) >= 11 is 3.36. The quantitative estimate of drug-likeness (QED) is 0.0296. The van der Waals surface area contributed by atoms with Crippen molar-refractivity contribution in [2.75, 3.05) is 7.11 Å². The second kappa shape index (κ2) is 23.2. The van der Waals surface area contributed by atoms with Crippen LogP contribution in [-0.2, 0) is 29.6 Å². The van der Waals surface area contributed by atoms with Gasteiger partial charge in [0.2, 0.25) is 5.43 Å². The predicted molar refractivity (Wildman–Crippen MR) is 331 cm³/mol. The highest BCUT2D eigenvalue weighted by molar-refractivity contribution is 9.08. The summed E-state index contributed by atoms with van der Waals surface area (Å²) in [6.07, 6.45) is 0.946. The Morgan fingerprint density at radius 3 is 1.47 bits per heavy atom. The number of nitrogens with zero attached hydrogens (tertiary/aromatic N) is 4. The molecule has 3 aliphatic rings. The summed E-state index contributed by atoms with van der Waals surface area (Å²) in [7, 11) is 1.28. The fraction of sp³-hybridized carbons (Fsp3) is 0.109. The number of aryl methyl sites for hydroxylation is 1. The van der Waals surface area contributed by atoms with E-state index < -0.39 is 5.97 Å². The molecule has 8 aromatic carbocycles. The number of halogens is 1. The van der Waals surface area contributed by atoms with Crippen molar-refractivity contribution in [1.29, 1.82) is 0 Å². The van der Waals surface area contributed by atoms with Crippen LogP contribution in [0.4, 0.5) is 0 Å². The molecule has 4 aromatic heterocycles. The van der Waals surface area contributed by atoms with Gasteiger partial charge in [0, 0.05) is 28.6 Å². The molecule has 0 spiro atoms. The highest BCUT2D eigenvalue weighted by Crippen LogP contribution is 2.47. The van der Waals surface area contributed by atoms with Crippen LogP contribution in [0.2, 0.25) is 0 Å². The first-order chi connectivity index (χ1) is 40.8. The predicted octanol–water partition coefficient (Wildman–Crippen LogP) is 11.1. The molecular weight excluding hydrogens is 1150 g/mol. The molecule has 0 radical (unpaired) electrons. The third kappa shape index (κ3) is 10.4. The number of aromatic nitrogens is 6. The number of hydrogen-bond acceptors (Lipinski definition) is 15. The molecule has 7 heterocycles. The normalized spacial score (nSPS) is 11.5. The number of hydrogen-bond donors (Lipinski definition) is 6. The topological polar surface area (TPSA) is 312 Å². The first kappa shape index (κ1) is 56.1. The van der Waals surface area contributed by atoms with E-state index in [0.717, 1.165) is 73.5 Å². The number of rotatable bonds is 6. The Hall–Kier alpha value is -10.8. The van der Waals surface area contributed by atoms with Gasteiger partial charge in [0.15, 0.2) is 5.96 Å². The molecular formula is C64H51BrN10O10. The lowest BCUT2D eigenvalue weighted by Crippen LogP contribution is -2.22. The van der Waals surface area contributed by atoms with Gasteiger partial charge >= 0.3 is 5.97 Å². The maximum absolute atomic E-state index is 12.7. The van der Waals surface area contributed by atoms with E-state index in [-0.39, 0.29) is 46.4 Å². The van der Waals surface area contributed by atoms with Crippen molar-refractivity contribution in [3.63, 3.8) is 0 Å². The van der Waals surface area contributed by atoms with Crippen molar-refractivity contribution < 1.29 is 28.2 Å². The summed E-state index contributed by atoms with van der Waals surface area (Å²) in [5.41, 5.74) is 25.5. The number of aliphatic imine (C=N–C) groups is 1. The number of ether oxygens (including phenoxy) is 4. The average molecular weight is 1200 g/mol. The number of esters is 1. The molecule has 0 unspecified atom stereocenters. The van der Waals surface area contributed by atoms with Crippen LogP contribution >= 0.6 is 15.9 Å². The second-order valence-corrected chi connectivity index (χ2v) is 20.0. The Morgan fingerprint density at radius 1 is 0.541 bits per heavy atom. The number of benzene rings is 8. The lowest BCUT2D eigenvalue weighted by molar-refractivity contribution is 0.0602. The molecule has 0 aliphatic carbocycles. The number of nitrogens with one attached hydrogen (secondary N) is 3. The molecule has 12 aromatic rings. The molecule has 0 saturated carbocycles.